The molecule has 0 spiro atoms. The molecule has 0 atom stereocenters. The van der Waals surface area contributed by atoms with Crippen molar-refractivity contribution in [2.45, 2.75) is 6.92 Å². The van der Waals surface area contributed by atoms with Gasteiger partial charge in [-0.2, -0.15) is 0 Å². The number of furan rings is 1. The van der Waals surface area contributed by atoms with Crippen LogP contribution in [0.15, 0.2) is 46.9 Å². The average Bonchev–Trinajstić information content (AvgIpc) is 2.89. The lowest BCUT2D eigenvalue weighted by Crippen LogP contribution is -2.27. The van der Waals surface area contributed by atoms with E-state index >= 15 is 0 Å². The number of hydrogen-bond acceptors (Lipinski definition) is 3. The molecule has 2 aromatic carbocycles. The van der Waals surface area contributed by atoms with E-state index < -0.39 is 0 Å². The van der Waals surface area contributed by atoms with Gasteiger partial charge >= 0.3 is 0 Å². The molecule has 104 valence electrons. The van der Waals surface area contributed by atoms with Gasteiger partial charge < -0.3 is 15.1 Å². The first-order valence-electron chi connectivity index (χ1n) is 6.88. The van der Waals surface area contributed by atoms with Crippen LogP contribution >= 0.6 is 0 Å². The first-order chi connectivity index (χ1) is 10.2. The van der Waals surface area contributed by atoms with Crippen LogP contribution in [0.4, 0.5) is 11.4 Å². The normalized spacial score (nSPS) is 13.7. The van der Waals surface area contributed by atoms with Crippen LogP contribution in [0, 0.1) is 6.92 Å². The quantitative estimate of drug-likeness (QED) is 0.712. The van der Waals surface area contributed by atoms with Gasteiger partial charge in [-0.05, 0) is 36.8 Å². The second kappa shape index (κ2) is 4.38. The zero-order chi connectivity index (χ0) is 14.4. The summed E-state index contributed by atoms with van der Waals surface area (Å²) in [5.74, 6) is 0.781. The van der Waals surface area contributed by atoms with E-state index in [0.717, 1.165) is 39.2 Å². The molecule has 2 N–H and O–H groups in total. The van der Waals surface area contributed by atoms with E-state index in [2.05, 4.69) is 16.7 Å². The van der Waals surface area contributed by atoms with Crippen LogP contribution in [-0.2, 0) is 4.79 Å². The smallest absolute Gasteiger partial charge is 0.243 e. The van der Waals surface area contributed by atoms with Gasteiger partial charge in [-0.15, -0.1) is 0 Å². The molecule has 0 saturated carbocycles. The molecule has 1 aliphatic heterocycles. The third-order valence-corrected chi connectivity index (χ3v) is 3.67. The molecule has 0 fully saturated rings. The first kappa shape index (κ1) is 12.0. The van der Waals surface area contributed by atoms with Crippen LogP contribution in [0.1, 0.15) is 5.56 Å². The Morgan fingerprint density at radius 1 is 1.14 bits per heavy atom. The number of carbonyl (C=O) groups excluding carboxylic acids is 1. The highest BCUT2D eigenvalue weighted by Gasteiger charge is 2.20. The summed E-state index contributed by atoms with van der Waals surface area (Å²) < 4.78 is 5.95. The minimum Gasteiger partial charge on any atom is -0.456 e. The van der Waals surface area contributed by atoms with E-state index in [0.29, 0.717) is 0 Å². The van der Waals surface area contributed by atoms with Crippen LogP contribution in [0.25, 0.3) is 22.3 Å². The Balaban J connectivity index is 1.93. The van der Waals surface area contributed by atoms with Crippen molar-refractivity contribution >= 4 is 28.3 Å². The maximum atomic E-state index is 11.5. The molecule has 4 rings (SSSR count). The molecule has 0 radical (unpaired) electrons. The Bertz CT molecular complexity index is 831. The fourth-order valence-electron chi connectivity index (χ4n) is 2.75. The fourth-order valence-corrected chi connectivity index (χ4v) is 2.75. The number of rotatable bonds is 1. The summed E-state index contributed by atoms with van der Waals surface area (Å²) in [6.45, 7) is 2.29. The third kappa shape index (κ3) is 1.96. The van der Waals surface area contributed by atoms with Crippen molar-refractivity contribution in [1.82, 2.24) is 0 Å². The standard InChI is InChI=1S/C17H14N2O2/c1-10-6-12(17-13(7-10)19-16(20)9-18-17)15-8-11-4-2-3-5-14(11)21-15/h2-8,18H,9H2,1H3,(H,19,20). The van der Waals surface area contributed by atoms with Crippen LogP contribution in [0.2, 0.25) is 0 Å². The highest BCUT2D eigenvalue weighted by molar-refractivity contribution is 6.04. The van der Waals surface area contributed by atoms with Crippen molar-refractivity contribution in [3.63, 3.8) is 0 Å². The van der Waals surface area contributed by atoms with Crippen LogP contribution in [-0.4, -0.2) is 12.5 Å². The van der Waals surface area contributed by atoms with E-state index in [1.54, 1.807) is 0 Å². The maximum absolute atomic E-state index is 11.5. The lowest BCUT2D eigenvalue weighted by molar-refractivity contribution is -0.114. The predicted molar refractivity (Wildman–Crippen MR) is 83.5 cm³/mol. The van der Waals surface area contributed by atoms with E-state index in [9.17, 15) is 4.79 Å². The van der Waals surface area contributed by atoms with E-state index in [1.165, 1.54) is 0 Å². The lowest BCUT2D eigenvalue weighted by atomic mass is 10.0. The Labute approximate surface area is 121 Å². The monoisotopic (exact) mass is 278 g/mol. The number of anilines is 2. The van der Waals surface area contributed by atoms with Crippen molar-refractivity contribution < 1.29 is 9.21 Å². The molecule has 0 saturated heterocycles. The van der Waals surface area contributed by atoms with E-state index in [-0.39, 0.29) is 12.5 Å². The molecule has 1 aliphatic rings. The van der Waals surface area contributed by atoms with Gasteiger partial charge in [0.2, 0.25) is 5.91 Å². The van der Waals surface area contributed by atoms with Gasteiger partial charge in [-0.25, -0.2) is 0 Å². The zero-order valence-corrected chi connectivity index (χ0v) is 11.6. The Kier molecular flexibility index (Phi) is 2.51. The lowest BCUT2D eigenvalue weighted by Gasteiger charge is -2.21. The predicted octanol–water partition coefficient (Wildman–Crippen LogP) is 3.77. The number of aryl methyl sites for hydroxylation is 1. The van der Waals surface area contributed by atoms with Crippen molar-refractivity contribution in [2.75, 3.05) is 17.2 Å². The number of benzene rings is 2. The maximum Gasteiger partial charge on any atom is 0.243 e. The molecular weight excluding hydrogens is 264 g/mol. The first-order valence-corrected chi connectivity index (χ1v) is 6.88. The summed E-state index contributed by atoms with van der Waals surface area (Å²) in [7, 11) is 0. The van der Waals surface area contributed by atoms with Gasteiger partial charge in [-0.3, -0.25) is 4.79 Å². The number of nitrogens with one attached hydrogen (secondary N) is 2. The molecule has 0 unspecified atom stereocenters. The Morgan fingerprint density at radius 3 is 2.86 bits per heavy atom. The Hall–Kier alpha value is -2.75. The van der Waals surface area contributed by atoms with E-state index in [4.69, 9.17) is 4.42 Å². The zero-order valence-electron chi connectivity index (χ0n) is 11.6. The van der Waals surface area contributed by atoms with Crippen LogP contribution < -0.4 is 10.6 Å². The number of amides is 1. The molecular formula is C17H14N2O2. The summed E-state index contributed by atoms with van der Waals surface area (Å²) in [4.78, 5) is 11.5. The minimum atomic E-state index is -0.0244. The van der Waals surface area contributed by atoms with Gasteiger partial charge in [-0.1, -0.05) is 18.2 Å². The van der Waals surface area contributed by atoms with Gasteiger partial charge in [0.25, 0.3) is 0 Å². The summed E-state index contributed by atoms with van der Waals surface area (Å²) in [5.41, 5.74) is 4.64. The Morgan fingerprint density at radius 2 is 2.00 bits per heavy atom. The van der Waals surface area contributed by atoms with Gasteiger partial charge in [0.15, 0.2) is 0 Å². The second-order valence-corrected chi connectivity index (χ2v) is 5.29. The molecule has 2 heterocycles. The fraction of sp³-hybridized carbons (Fsp3) is 0.118. The summed E-state index contributed by atoms with van der Waals surface area (Å²) in [6.07, 6.45) is 0. The topological polar surface area (TPSA) is 54.3 Å². The van der Waals surface area contributed by atoms with Gasteiger partial charge in [0.1, 0.15) is 11.3 Å². The molecule has 1 amide bonds. The third-order valence-electron chi connectivity index (χ3n) is 3.67. The second-order valence-electron chi connectivity index (χ2n) is 5.29. The number of para-hydroxylation sites is 1. The molecule has 4 nitrogen and oxygen atoms in total. The van der Waals surface area contributed by atoms with E-state index in [1.807, 2.05) is 43.3 Å². The van der Waals surface area contributed by atoms with Crippen molar-refractivity contribution in [3.05, 3.63) is 48.0 Å². The minimum absolute atomic E-state index is 0.0244. The summed E-state index contributed by atoms with van der Waals surface area (Å²) in [6, 6.07) is 14.0. The molecule has 0 bridgehead atoms. The molecule has 4 heteroatoms. The number of carbonyl (C=O) groups is 1. The van der Waals surface area contributed by atoms with Gasteiger partial charge in [0, 0.05) is 10.9 Å². The molecule has 21 heavy (non-hydrogen) atoms. The average molecular weight is 278 g/mol. The van der Waals surface area contributed by atoms with Gasteiger partial charge in [0.05, 0.1) is 17.9 Å². The van der Waals surface area contributed by atoms with Crippen molar-refractivity contribution in [1.29, 1.82) is 0 Å². The van der Waals surface area contributed by atoms with Crippen LogP contribution in [0.3, 0.4) is 0 Å². The largest absolute Gasteiger partial charge is 0.456 e. The highest BCUT2D eigenvalue weighted by Crippen LogP contribution is 2.39. The number of hydrogen-bond donors (Lipinski definition) is 2. The SMILES string of the molecule is Cc1cc2c(c(-c3cc4ccccc4o3)c1)NCC(=O)N2. The molecule has 3 aromatic rings. The van der Waals surface area contributed by atoms with Crippen molar-refractivity contribution in [3.8, 4) is 11.3 Å². The molecule has 1 aromatic heterocycles. The van der Waals surface area contributed by atoms with Crippen molar-refractivity contribution in [2.24, 2.45) is 0 Å². The number of fused-ring (bicyclic) bond motifs is 2. The molecule has 0 aliphatic carbocycles. The van der Waals surface area contributed by atoms with Crippen LogP contribution in [0.5, 0.6) is 0 Å². The summed E-state index contributed by atoms with van der Waals surface area (Å²) in [5, 5.41) is 7.15. The highest BCUT2D eigenvalue weighted by atomic mass is 16.3. The summed E-state index contributed by atoms with van der Waals surface area (Å²) >= 11 is 0.